The van der Waals surface area contributed by atoms with Crippen LogP contribution in [0.4, 0.5) is 0 Å². The van der Waals surface area contributed by atoms with E-state index in [-0.39, 0.29) is 37.5 Å². The van der Waals surface area contributed by atoms with Crippen molar-refractivity contribution in [3.63, 3.8) is 0 Å². The number of likely N-dealkylation sites (N-methyl/N-ethyl adjacent to an activating group) is 2. The summed E-state index contributed by atoms with van der Waals surface area (Å²) >= 11 is 0. The third-order valence-electron chi connectivity index (χ3n) is 16.5. The van der Waals surface area contributed by atoms with Gasteiger partial charge in [0.2, 0.25) is 12.2 Å². The number of amides is 2. The number of nitrogens with two attached hydrogens (primary N) is 2. The van der Waals surface area contributed by atoms with Gasteiger partial charge in [0.05, 0.1) is 46.6 Å². The summed E-state index contributed by atoms with van der Waals surface area (Å²) in [6.45, 7) is 15.5. The second-order valence-electron chi connectivity index (χ2n) is 23.7. The van der Waals surface area contributed by atoms with Gasteiger partial charge in [0.15, 0.2) is 0 Å². The molecule has 4 aliphatic rings. The summed E-state index contributed by atoms with van der Waals surface area (Å²) in [6.07, 6.45) is 1.56. The van der Waals surface area contributed by atoms with Crippen LogP contribution in [0.3, 0.4) is 0 Å². The maximum Gasteiger partial charge on any atom is 0.373 e. The zero-order valence-electron chi connectivity index (χ0n) is 57.9. The average Bonchev–Trinajstić information content (AvgIpc) is 0.774. The Kier molecular flexibility index (Phi) is 31.7. The number of fused-ring (bicyclic) bond motifs is 6. The summed E-state index contributed by atoms with van der Waals surface area (Å²) in [5.74, 6) is -3.95. The number of benzene rings is 6. The molecular formula is C76H86N6O18. The van der Waals surface area contributed by atoms with Crippen molar-refractivity contribution in [3.05, 3.63) is 235 Å². The first kappa shape index (κ1) is 79.5. The average molecular weight is 1370 g/mol. The zero-order valence-corrected chi connectivity index (χ0v) is 57.9. The Morgan fingerprint density at radius 3 is 1.00 bits per heavy atom. The number of esters is 6. The Hall–Kier alpha value is -11.2. The Balaban J connectivity index is 0.000000234. The Morgan fingerprint density at radius 1 is 0.440 bits per heavy atom. The fourth-order valence-corrected chi connectivity index (χ4v) is 11.1. The number of aryl methyl sites for hydroxylation is 4. The first-order valence-electron chi connectivity index (χ1n) is 32.2. The summed E-state index contributed by atoms with van der Waals surface area (Å²) in [7, 11) is 6.13. The Labute approximate surface area is 581 Å². The number of carbonyl (C=O) groups is 8. The maximum absolute atomic E-state index is 12.2. The molecule has 24 nitrogen and oxygen atoms in total. The number of hydrogen-bond acceptors (Lipinski definition) is 22. The van der Waals surface area contributed by atoms with Crippen molar-refractivity contribution in [2.24, 2.45) is 11.5 Å². The molecule has 24 heteroatoms. The Bertz CT molecular complexity index is 3690. The molecule has 10 rings (SSSR count). The van der Waals surface area contributed by atoms with Crippen molar-refractivity contribution in [3.8, 4) is 0 Å². The highest BCUT2D eigenvalue weighted by Gasteiger charge is 2.37. The molecule has 0 bridgehead atoms. The molecule has 0 radical (unpaired) electrons. The molecule has 0 saturated carbocycles. The summed E-state index contributed by atoms with van der Waals surface area (Å²) in [5.41, 5.74) is 27.3. The largest absolute Gasteiger partial charge is 0.463 e. The van der Waals surface area contributed by atoms with Crippen molar-refractivity contribution in [2.75, 3.05) is 80.8 Å². The number of ether oxygens (including phenoxy) is 6. The van der Waals surface area contributed by atoms with Crippen LogP contribution < -0.4 is 11.5 Å². The van der Waals surface area contributed by atoms with Crippen LogP contribution in [0.5, 0.6) is 0 Å². The lowest BCUT2D eigenvalue weighted by molar-refractivity contribution is -0.193. The molecule has 1 unspecified atom stereocenters. The number of carbonyl (C=O) groups excluding carboxylic acids is 12. The van der Waals surface area contributed by atoms with E-state index in [1.54, 1.807) is 121 Å². The van der Waals surface area contributed by atoms with E-state index in [0.717, 1.165) is 25.9 Å². The maximum atomic E-state index is 12.2. The number of hydrogen-bond donors (Lipinski definition) is 2. The van der Waals surface area contributed by atoms with Crippen LogP contribution in [0, 0.1) is 27.7 Å². The highest BCUT2D eigenvalue weighted by Crippen LogP contribution is 2.40. The molecule has 4 heterocycles. The van der Waals surface area contributed by atoms with E-state index < -0.39 is 47.9 Å². The van der Waals surface area contributed by atoms with Crippen LogP contribution in [0.15, 0.2) is 168 Å². The minimum atomic E-state index is -1.21. The summed E-state index contributed by atoms with van der Waals surface area (Å²) < 4.78 is 31.0. The quantitative estimate of drug-likeness (QED) is 0.0686. The highest BCUT2D eigenvalue weighted by atomic mass is 16.6. The van der Waals surface area contributed by atoms with Crippen LogP contribution in [0.25, 0.3) is 0 Å². The summed E-state index contributed by atoms with van der Waals surface area (Å²) in [5, 5.41) is 0. The predicted molar refractivity (Wildman–Crippen MR) is 365 cm³/mol. The van der Waals surface area contributed by atoms with Gasteiger partial charge in [0.1, 0.15) is 13.2 Å². The van der Waals surface area contributed by atoms with Crippen molar-refractivity contribution in [1.29, 1.82) is 0 Å². The first-order chi connectivity index (χ1) is 47.8. The molecule has 6 aromatic carbocycles. The standard InChI is InChI=1S/2C19H19NO5.2C18H24N2O2.2CO2/c2*1-20(2)17(21)16(25-19(23)15-11-7-4-8-12-15)13-24-18(22)14-9-5-3-6-10-14;2*1-4-22-18(21)15-10-20-6-5-13-7-11(2)12(3)8-14(13)17(20)9-16(15)19;2*2-1-3/h2*3-12,16H,13H2,1-2H3;2*7-8,17H,4-6,9-10,19H2,1-3H3;;/t2*16-;17-;;;/m000.../s1. The molecular weight excluding hydrogens is 1280 g/mol. The van der Waals surface area contributed by atoms with Gasteiger partial charge >= 0.3 is 48.1 Å². The molecule has 2 amide bonds. The first-order valence-corrected chi connectivity index (χ1v) is 32.2. The fraction of sp³-hybridized carbons (Fsp3) is 0.342. The lowest BCUT2D eigenvalue weighted by Gasteiger charge is -2.41. The van der Waals surface area contributed by atoms with Crippen molar-refractivity contribution in [2.45, 2.75) is 91.5 Å². The van der Waals surface area contributed by atoms with Crippen LogP contribution in [0.1, 0.15) is 125 Å². The molecule has 4 aliphatic heterocycles. The third kappa shape index (κ3) is 23.0. The van der Waals surface area contributed by atoms with Gasteiger partial charge < -0.3 is 49.7 Å². The minimum Gasteiger partial charge on any atom is -0.463 e. The van der Waals surface area contributed by atoms with Crippen LogP contribution in [-0.4, -0.2) is 173 Å². The van der Waals surface area contributed by atoms with E-state index in [1.165, 1.54) is 82.5 Å². The van der Waals surface area contributed by atoms with Gasteiger partial charge in [-0.3, -0.25) is 19.4 Å². The van der Waals surface area contributed by atoms with E-state index in [0.29, 0.717) is 96.0 Å². The second-order valence-corrected chi connectivity index (χ2v) is 23.7. The SMILES string of the molecule is CCOC(=O)C1=C(N)CC2c3cc(C)c(C)cc3CCN2C1.CCOC(=O)C1=C(N)C[C@H]2c3cc(C)c(C)cc3CCN2C1.CN(C)C(=O)[C@H](COC(=O)c1ccccc1)OC(=O)c1ccccc1.CN(C)C(=O)[C@H](COC(=O)c1ccccc1)OC(=O)c1ccccc1.O=C=O.O=C=O. The molecule has 4 N–H and O–H groups in total. The lowest BCUT2D eigenvalue weighted by Crippen LogP contribution is -2.42. The number of rotatable bonds is 16. The molecule has 0 spiro atoms. The van der Waals surface area contributed by atoms with Gasteiger partial charge in [-0.25, -0.2) is 28.8 Å². The van der Waals surface area contributed by atoms with E-state index in [2.05, 4.69) is 61.8 Å². The topological polar surface area (TPSA) is 325 Å². The predicted octanol–water partition coefficient (Wildman–Crippen LogP) is 7.91. The number of nitrogens with zero attached hydrogens (tertiary/aromatic N) is 4. The normalized spacial score (nSPS) is 15.2. The molecule has 0 aromatic heterocycles. The monoisotopic (exact) mass is 1370 g/mol. The van der Waals surface area contributed by atoms with Gasteiger partial charge in [0, 0.05) is 90.7 Å². The van der Waals surface area contributed by atoms with Gasteiger partial charge in [-0.15, -0.1) is 0 Å². The summed E-state index contributed by atoms with van der Waals surface area (Å²) in [6, 6.07) is 43.1. The van der Waals surface area contributed by atoms with E-state index in [9.17, 15) is 38.4 Å². The molecule has 100 heavy (non-hydrogen) atoms. The van der Waals surface area contributed by atoms with Crippen molar-refractivity contribution < 1.29 is 86.0 Å². The highest BCUT2D eigenvalue weighted by molar-refractivity contribution is 5.95. The fourth-order valence-electron chi connectivity index (χ4n) is 11.1. The van der Waals surface area contributed by atoms with E-state index in [1.807, 2.05) is 13.8 Å². The minimum absolute atomic E-state index is 0.250. The van der Waals surface area contributed by atoms with Crippen molar-refractivity contribution >= 4 is 59.9 Å². The second kappa shape index (κ2) is 39.9. The Morgan fingerprint density at radius 2 is 0.720 bits per heavy atom. The van der Waals surface area contributed by atoms with Crippen LogP contribution >= 0.6 is 0 Å². The lowest BCUT2D eigenvalue weighted by atomic mass is 9.84. The molecule has 0 fully saturated rings. The smallest absolute Gasteiger partial charge is 0.373 e. The zero-order chi connectivity index (χ0) is 73.6. The van der Waals surface area contributed by atoms with Crippen molar-refractivity contribution in [1.82, 2.24) is 19.6 Å². The van der Waals surface area contributed by atoms with Gasteiger partial charge in [-0.1, -0.05) is 97.1 Å². The van der Waals surface area contributed by atoms with E-state index in [4.69, 9.17) is 59.1 Å². The van der Waals surface area contributed by atoms with Gasteiger partial charge in [-0.05, 0) is 147 Å². The molecule has 6 aromatic rings. The molecule has 0 saturated heterocycles. The molecule has 4 atom stereocenters. The molecule has 528 valence electrons. The third-order valence-corrected chi connectivity index (χ3v) is 16.5. The van der Waals surface area contributed by atoms with Crippen LogP contribution in [0.2, 0.25) is 0 Å². The van der Waals surface area contributed by atoms with Crippen LogP contribution in [-0.2, 0) is 79.6 Å². The van der Waals surface area contributed by atoms with Gasteiger partial charge in [-0.2, -0.15) is 19.2 Å². The van der Waals surface area contributed by atoms with E-state index >= 15 is 0 Å². The molecule has 0 aliphatic carbocycles. The summed E-state index contributed by atoms with van der Waals surface area (Å²) in [4.78, 5) is 137. The van der Waals surface area contributed by atoms with Gasteiger partial charge in [0.25, 0.3) is 11.8 Å².